The van der Waals surface area contributed by atoms with Crippen molar-refractivity contribution >= 4 is 5.69 Å². The van der Waals surface area contributed by atoms with Crippen molar-refractivity contribution in [2.75, 3.05) is 18.5 Å². The van der Waals surface area contributed by atoms with Gasteiger partial charge in [0, 0.05) is 38.1 Å². The summed E-state index contributed by atoms with van der Waals surface area (Å²) in [5.41, 5.74) is 8.26. The van der Waals surface area contributed by atoms with Gasteiger partial charge in [-0.05, 0) is 25.5 Å². The first-order valence-corrected chi connectivity index (χ1v) is 6.70. The summed E-state index contributed by atoms with van der Waals surface area (Å²) in [7, 11) is 2.12. The van der Waals surface area contributed by atoms with Crippen molar-refractivity contribution in [3.63, 3.8) is 0 Å². The lowest BCUT2D eigenvalue weighted by Gasteiger charge is -2.19. The summed E-state index contributed by atoms with van der Waals surface area (Å²) in [6, 6.07) is 10.5. The molecule has 0 aliphatic heterocycles. The van der Waals surface area contributed by atoms with Crippen LogP contribution in [0.4, 0.5) is 5.69 Å². The molecule has 0 saturated heterocycles. The van der Waals surface area contributed by atoms with Crippen LogP contribution in [0.15, 0.2) is 42.9 Å². The SMILES string of the molecule is CC(N)c1cncn1CCCN(C)c1ccccc1. The third-order valence-corrected chi connectivity index (χ3v) is 3.30. The van der Waals surface area contributed by atoms with E-state index < -0.39 is 0 Å². The monoisotopic (exact) mass is 258 g/mol. The smallest absolute Gasteiger partial charge is 0.0948 e. The lowest BCUT2D eigenvalue weighted by molar-refractivity contribution is 0.591. The van der Waals surface area contributed by atoms with Crippen LogP contribution in [-0.2, 0) is 6.54 Å². The maximum absolute atomic E-state index is 5.91. The molecule has 0 aliphatic carbocycles. The molecular weight excluding hydrogens is 236 g/mol. The van der Waals surface area contributed by atoms with Crippen LogP contribution in [0.2, 0.25) is 0 Å². The Morgan fingerprint density at radius 2 is 2.05 bits per heavy atom. The quantitative estimate of drug-likeness (QED) is 0.865. The van der Waals surface area contributed by atoms with E-state index in [2.05, 4.69) is 45.8 Å². The fraction of sp³-hybridized carbons (Fsp3) is 0.400. The Kier molecular flexibility index (Phi) is 4.58. The van der Waals surface area contributed by atoms with Crippen LogP contribution in [0.1, 0.15) is 25.1 Å². The van der Waals surface area contributed by atoms with Crippen LogP contribution in [0, 0.1) is 0 Å². The first-order chi connectivity index (χ1) is 9.18. The van der Waals surface area contributed by atoms with Crippen molar-refractivity contribution in [2.45, 2.75) is 25.9 Å². The number of aryl methyl sites for hydroxylation is 1. The number of para-hydroxylation sites is 1. The lowest BCUT2D eigenvalue weighted by atomic mass is 10.2. The van der Waals surface area contributed by atoms with Crippen molar-refractivity contribution in [1.82, 2.24) is 9.55 Å². The van der Waals surface area contributed by atoms with Crippen molar-refractivity contribution in [3.8, 4) is 0 Å². The van der Waals surface area contributed by atoms with Gasteiger partial charge in [0.25, 0.3) is 0 Å². The number of nitrogens with zero attached hydrogens (tertiary/aromatic N) is 3. The molecule has 0 bridgehead atoms. The van der Waals surface area contributed by atoms with Gasteiger partial charge in [-0.25, -0.2) is 4.98 Å². The maximum atomic E-state index is 5.91. The van der Waals surface area contributed by atoms with E-state index in [1.54, 1.807) is 0 Å². The number of hydrogen-bond acceptors (Lipinski definition) is 3. The predicted molar refractivity (Wildman–Crippen MR) is 79.2 cm³/mol. The molecule has 1 atom stereocenters. The van der Waals surface area contributed by atoms with Crippen LogP contribution in [0.3, 0.4) is 0 Å². The van der Waals surface area contributed by atoms with E-state index in [9.17, 15) is 0 Å². The zero-order chi connectivity index (χ0) is 13.7. The molecule has 1 aromatic heterocycles. The first-order valence-electron chi connectivity index (χ1n) is 6.70. The number of rotatable bonds is 6. The topological polar surface area (TPSA) is 47.1 Å². The first kappa shape index (κ1) is 13.6. The summed E-state index contributed by atoms with van der Waals surface area (Å²) in [6.07, 6.45) is 4.79. The van der Waals surface area contributed by atoms with Crippen LogP contribution in [0.25, 0.3) is 0 Å². The molecule has 4 heteroatoms. The van der Waals surface area contributed by atoms with E-state index in [-0.39, 0.29) is 6.04 Å². The van der Waals surface area contributed by atoms with Gasteiger partial charge in [0.15, 0.2) is 0 Å². The van der Waals surface area contributed by atoms with E-state index in [0.29, 0.717) is 0 Å². The van der Waals surface area contributed by atoms with Gasteiger partial charge in [-0.2, -0.15) is 0 Å². The third kappa shape index (κ3) is 3.58. The summed E-state index contributed by atoms with van der Waals surface area (Å²) >= 11 is 0. The van der Waals surface area contributed by atoms with Crippen molar-refractivity contribution < 1.29 is 0 Å². The van der Waals surface area contributed by atoms with Gasteiger partial charge < -0.3 is 15.2 Å². The molecule has 0 fully saturated rings. The molecule has 1 aromatic carbocycles. The Morgan fingerprint density at radius 1 is 1.32 bits per heavy atom. The Balaban J connectivity index is 1.85. The second kappa shape index (κ2) is 6.38. The van der Waals surface area contributed by atoms with Crippen LogP contribution < -0.4 is 10.6 Å². The summed E-state index contributed by atoms with van der Waals surface area (Å²) in [5.74, 6) is 0. The lowest BCUT2D eigenvalue weighted by Crippen LogP contribution is -2.20. The van der Waals surface area contributed by atoms with E-state index >= 15 is 0 Å². The van der Waals surface area contributed by atoms with Crippen molar-refractivity contribution in [2.24, 2.45) is 5.73 Å². The Hall–Kier alpha value is -1.81. The fourth-order valence-corrected chi connectivity index (χ4v) is 2.19. The van der Waals surface area contributed by atoms with Gasteiger partial charge in [-0.1, -0.05) is 18.2 Å². The molecule has 2 aromatic rings. The molecule has 2 N–H and O–H groups in total. The number of imidazole rings is 1. The summed E-state index contributed by atoms with van der Waals surface area (Å²) in [6.45, 7) is 3.96. The highest BCUT2D eigenvalue weighted by Gasteiger charge is 2.06. The highest BCUT2D eigenvalue weighted by molar-refractivity contribution is 5.44. The highest BCUT2D eigenvalue weighted by Crippen LogP contribution is 2.13. The minimum Gasteiger partial charge on any atom is -0.375 e. The van der Waals surface area contributed by atoms with Crippen LogP contribution in [0.5, 0.6) is 0 Å². The minimum atomic E-state index is 0.0364. The van der Waals surface area contributed by atoms with Crippen LogP contribution in [-0.4, -0.2) is 23.1 Å². The molecule has 4 nitrogen and oxygen atoms in total. The summed E-state index contributed by atoms with van der Waals surface area (Å²) < 4.78 is 2.14. The van der Waals surface area contributed by atoms with Gasteiger partial charge in [0.2, 0.25) is 0 Å². The van der Waals surface area contributed by atoms with E-state index in [4.69, 9.17) is 5.73 Å². The zero-order valence-electron chi connectivity index (χ0n) is 11.7. The number of benzene rings is 1. The molecule has 0 amide bonds. The zero-order valence-corrected chi connectivity index (χ0v) is 11.7. The van der Waals surface area contributed by atoms with Gasteiger partial charge in [-0.15, -0.1) is 0 Å². The molecule has 0 saturated carbocycles. The average molecular weight is 258 g/mol. The van der Waals surface area contributed by atoms with Crippen LogP contribution >= 0.6 is 0 Å². The molecule has 2 rings (SSSR count). The maximum Gasteiger partial charge on any atom is 0.0948 e. The fourth-order valence-electron chi connectivity index (χ4n) is 2.19. The average Bonchev–Trinajstić information content (AvgIpc) is 2.88. The molecular formula is C15H22N4. The van der Waals surface area contributed by atoms with E-state index in [1.165, 1.54) is 5.69 Å². The number of nitrogens with two attached hydrogens (primary N) is 1. The Bertz CT molecular complexity index is 490. The Labute approximate surface area is 114 Å². The van der Waals surface area contributed by atoms with Gasteiger partial charge in [-0.3, -0.25) is 0 Å². The van der Waals surface area contributed by atoms with Gasteiger partial charge in [0.1, 0.15) is 0 Å². The minimum absolute atomic E-state index is 0.0364. The molecule has 0 spiro atoms. The predicted octanol–water partition coefficient (Wildman–Crippen LogP) is 2.43. The van der Waals surface area contributed by atoms with E-state index in [1.807, 2.05) is 25.5 Å². The number of hydrogen-bond donors (Lipinski definition) is 1. The normalized spacial score (nSPS) is 12.4. The van der Waals surface area contributed by atoms with Crippen molar-refractivity contribution in [1.29, 1.82) is 0 Å². The summed E-state index contributed by atoms with van der Waals surface area (Å²) in [4.78, 5) is 6.44. The largest absolute Gasteiger partial charge is 0.375 e. The second-order valence-corrected chi connectivity index (χ2v) is 4.91. The standard InChI is InChI=1S/C15H22N4/c1-13(16)15-11-17-12-19(15)10-6-9-18(2)14-7-4-3-5-8-14/h3-5,7-8,11-13H,6,9-10,16H2,1-2H3. The number of aromatic nitrogens is 2. The number of anilines is 1. The van der Waals surface area contributed by atoms with E-state index in [0.717, 1.165) is 25.2 Å². The van der Waals surface area contributed by atoms with Gasteiger partial charge >= 0.3 is 0 Å². The highest BCUT2D eigenvalue weighted by atomic mass is 15.1. The molecule has 0 radical (unpaired) electrons. The molecule has 19 heavy (non-hydrogen) atoms. The van der Waals surface area contributed by atoms with Crippen molar-refractivity contribution in [3.05, 3.63) is 48.5 Å². The van der Waals surface area contributed by atoms with Gasteiger partial charge in [0.05, 0.1) is 12.0 Å². The molecule has 102 valence electrons. The second-order valence-electron chi connectivity index (χ2n) is 4.91. The third-order valence-electron chi connectivity index (χ3n) is 3.30. The summed E-state index contributed by atoms with van der Waals surface area (Å²) in [5, 5.41) is 0. The molecule has 0 aliphatic rings. The molecule has 1 heterocycles. The Morgan fingerprint density at radius 3 is 2.74 bits per heavy atom. The molecule has 1 unspecified atom stereocenters.